The lowest BCUT2D eigenvalue weighted by atomic mass is 9.88. The van der Waals surface area contributed by atoms with E-state index in [9.17, 15) is 9.59 Å². The summed E-state index contributed by atoms with van der Waals surface area (Å²) < 4.78 is 4.71. The third-order valence-corrected chi connectivity index (χ3v) is 6.25. The van der Waals surface area contributed by atoms with Gasteiger partial charge in [-0.1, -0.05) is 24.3 Å². The van der Waals surface area contributed by atoms with Gasteiger partial charge in [0, 0.05) is 37.3 Å². The molecule has 1 N–H and O–H groups in total. The minimum Gasteiger partial charge on any atom is -0.465 e. The molecule has 2 aliphatic rings. The molecule has 0 saturated carbocycles. The molecule has 0 radical (unpaired) electrons. The Labute approximate surface area is 171 Å². The highest BCUT2D eigenvalue weighted by molar-refractivity contribution is 5.92. The van der Waals surface area contributed by atoms with Crippen molar-refractivity contribution < 1.29 is 14.3 Å². The molecule has 29 heavy (non-hydrogen) atoms. The number of hydrogen-bond acceptors (Lipinski definition) is 4. The van der Waals surface area contributed by atoms with Crippen LogP contribution in [0.25, 0.3) is 0 Å². The van der Waals surface area contributed by atoms with E-state index in [0.29, 0.717) is 29.1 Å². The second-order valence-corrected chi connectivity index (χ2v) is 8.07. The Morgan fingerprint density at radius 3 is 2.45 bits per heavy atom. The lowest BCUT2D eigenvalue weighted by Gasteiger charge is -2.28. The number of carbonyl (C=O) groups is 2. The van der Waals surface area contributed by atoms with Gasteiger partial charge in [-0.25, -0.2) is 9.59 Å². The third-order valence-electron chi connectivity index (χ3n) is 6.25. The Balaban J connectivity index is 1.43. The molecule has 4 rings (SSSR count). The fraction of sp³-hybridized carbons (Fsp3) is 0.391. The molecule has 2 aromatic rings. The molecule has 2 heterocycles. The van der Waals surface area contributed by atoms with Crippen molar-refractivity contribution in [3.63, 3.8) is 0 Å². The van der Waals surface area contributed by atoms with E-state index in [1.165, 1.54) is 18.2 Å². The molecule has 0 aromatic heterocycles. The number of urea groups is 1. The molecule has 2 amide bonds. The first-order valence-corrected chi connectivity index (χ1v) is 9.98. The molecule has 0 bridgehead atoms. The van der Waals surface area contributed by atoms with Crippen molar-refractivity contribution in [3.8, 4) is 0 Å². The van der Waals surface area contributed by atoms with Gasteiger partial charge in [-0.3, -0.25) is 4.90 Å². The summed E-state index contributed by atoms with van der Waals surface area (Å²) >= 11 is 0. The predicted molar refractivity (Wildman–Crippen MR) is 112 cm³/mol. The van der Waals surface area contributed by atoms with Crippen LogP contribution in [-0.2, 0) is 4.74 Å². The lowest BCUT2D eigenvalue weighted by molar-refractivity contribution is 0.0600. The number of anilines is 1. The number of fused-ring (bicyclic) bond motifs is 1. The van der Waals surface area contributed by atoms with Crippen LogP contribution in [0.4, 0.5) is 10.5 Å². The molecule has 2 saturated heterocycles. The van der Waals surface area contributed by atoms with E-state index in [1.54, 1.807) is 24.3 Å². The summed E-state index contributed by atoms with van der Waals surface area (Å²) in [6.07, 6.45) is 0. The summed E-state index contributed by atoms with van der Waals surface area (Å²) in [7, 11) is 3.53. The Morgan fingerprint density at radius 2 is 1.76 bits per heavy atom. The zero-order valence-electron chi connectivity index (χ0n) is 17.1. The molecule has 0 spiro atoms. The number of likely N-dealkylation sites (tertiary alicyclic amines) is 2. The third kappa shape index (κ3) is 3.72. The van der Waals surface area contributed by atoms with Gasteiger partial charge in [-0.2, -0.15) is 0 Å². The normalized spacial score (nSPS) is 23.7. The maximum absolute atomic E-state index is 12.8. The van der Waals surface area contributed by atoms with Crippen LogP contribution in [0, 0.1) is 18.8 Å². The topological polar surface area (TPSA) is 61.9 Å². The van der Waals surface area contributed by atoms with Crippen molar-refractivity contribution >= 4 is 17.7 Å². The molecule has 0 aliphatic carbocycles. The molecule has 0 unspecified atom stereocenters. The van der Waals surface area contributed by atoms with Gasteiger partial charge in [-0.15, -0.1) is 0 Å². The highest BCUT2D eigenvalue weighted by atomic mass is 16.5. The highest BCUT2D eigenvalue weighted by Crippen LogP contribution is 2.44. The second-order valence-electron chi connectivity index (χ2n) is 8.07. The van der Waals surface area contributed by atoms with E-state index in [0.717, 1.165) is 19.6 Å². The van der Waals surface area contributed by atoms with Gasteiger partial charge < -0.3 is 15.0 Å². The molecule has 152 valence electrons. The minimum atomic E-state index is -0.387. The number of ether oxygens (including phenoxy) is 1. The summed E-state index contributed by atoms with van der Waals surface area (Å²) in [5.74, 6) is 0.534. The summed E-state index contributed by atoms with van der Waals surface area (Å²) in [5.41, 5.74) is 3.80. The second kappa shape index (κ2) is 7.87. The highest BCUT2D eigenvalue weighted by Gasteiger charge is 2.47. The Bertz CT molecular complexity index is 912. The van der Waals surface area contributed by atoms with Gasteiger partial charge in [0.05, 0.1) is 12.7 Å². The van der Waals surface area contributed by atoms with E-state index in [2.05, 4.69) is 48.5 Å². The summed E-state index contributed by atoms with van der Waals surface area (Å²) in [4.78, 5) is 28.7. The zero-order valence-corrected chi connectivity index (χ0v) is 17.1. The number of nitrogens with one attached hydrogen (secondary N) is 1. The Kier molecular flexibility index (Phi) is 5.28. The molecule has 6 heteroatoms. The first-order valence-electron chi connectivity index (χ1n) is 9.98. The molecular weight excluding hydrogens is 366 g/mol. The molecule has 2 fully saturated rings. The number of carbonyl (C=O) groups excluding carboxylic acids is 2. The van der Waals surface area contributed by atoms with Crippen molar-refractivity contribution in [1.82, 2.24) is 9.80 Å². The van der Waals surface area contributed by atoms with Gasteiger partial charge in [0.15, 0.2) is 0 Å². The standard InChI is InChI=1S/C23H27N3O3/c1-15-6-4-5-7-19(15)21-20-14-26(13-17(20)12-25(21)2)23(28)24-18-10-8-16(9-11-18)22(27)29-3/h4-11,17,20-21H,12-14H2,1-3H3,(H,24,28)/t17-,20+,21+/m0/s1. The van der Waals surface area contributed by atoms with Crippen molar-refractivity contribution in [3.05, 3.63) is 65.2 Å². The van der Waals surface area contributed by atoms with Crippen LogP contribution in [0.5, 0.6) is 0 Å². The molecule has 2 aliphatic heterocycles. The molecular formula is C23H27N3O3. The number of methoxy groups -OCH3 is 1. The van der Waals surface area contributed by atoms with Crippen LogP contribution in [0.1, 0.15) is 27.5 Å². The number of amides is 2. The zero-order chi connectivity index (χ0) is 20.5. The van der Waals surface area contributed by atoms with E-state index < -0.39 is 0 Å². The van der Waals surface area contributed by atoms with Gasteiger partial charge >= 0.3 is 12.0 Å². The lowest BCUT2D eigenvalue weighted by Crippen LogP contribution is -2.36. The van der Waals surface area contributed by atoms with Gasteiger partial charge in [-0.05, 0) is 55.3 Å². The Hall–Kier alpha value is -2.86. The van der Waals surface area contributed by atoms with Crippen LogP contribution >= 0.6 is 0 Å². The maximum Gasteiger partial charge on any atom is 0.337 e. The van der Waals surface area contributed by atoms with Crippen LogP contribution in [-0.4, -0.2) is 55.6 Å². The number of hydrogen-bond donors (Lipinski definition) is 1. The van der Waals surface area contributed by atoms with Gasteiger partial charge in [0.2, 0.25) is 0 Å². The number of esters is 1. The van der Waals surface area contributed by atoms with E-state index >= 15 is 0 Å². The predicted octanol–water partition coefficient (Wildman–Crippen LogP) is 3.55. The SMILES string of the molecule is COC(=O)c1ccc(NC(=O)N2C[C@@H]3CN(C)[C@H](c4ccccc4C)[C@@H]3C2)cc1. The first-order chi connectivity index (χ1) is 14.0. The number of rotatable bonds is 3. The number of nitrogens with zero attached hydrogens (tertiary/aromatic N) is 2. The average Bonchev–Trinajstić information content (AvgIpc) is 3.25. The fourth-order valence-electron chi connectivity index (χ4n) is 4.82. The molecule has 2 aromatic carbocycles. The largest absolute Gasteiger partial charge is 0.465 e. The molecule has 6 nitrogen and oxygen atoms in total. The van der Waals surface area contributed by atoms with Crippen molar-refractivity contribution in [1.29, 1.82) is 0 Å². The van der Waals surface area contributed by atoms with Gasteiger partial charge in [0.1, 0.15) is 0 Å². The van der Waals surface area contributed by atoms with Crippen LogP contribution in [0.3, 0.4) is 0 Å². The van der Waals surface area contributed by atoms with Gasteiger partial charge in [0.25, 0.3) is 0 Å². The maximum atomic E-state index is 12.8. The number of aryl methyl sites for hydroxylation is 1. The van der Waals surface area contributed by atoms with E-state index in [4.69, 9.17) is 4.74 Å². The fourth-order valence-corrected chi connectivity index (χ4v) is 4.82. The van der Waals surface area contributed by atoms with Crippen LogP contribution < -0.4 is 5.32 Å². The number of benzene rings is 2. The monoisotopic (exact) mass is 393 g/mol. The first kappa shape index (κ1) is 19.5. The van der Waals surface area contributed by atoms with Crippen LogP contribution in [0.2, 0.25) is 0 Å². The smallest absolute Gasteiger partial charge is 0.337 e. The molecule has 3 atom stereocenters. The van der Waals surface area contributed by atoms with Crippen LogP contribution in [0.15, 0.2) is 48.5 Å². The summed E-state index contributed by atoms with van der Waals surface area (Å²) in [5, 5.41) is 2.96. The summed E-state index contributed by atoms with van der Waals surface area (Å²) in [6.45, 7) is 4.68. The average molecular weight is 393 g/mol. The van der Waals surface area contributed by atoms with Crippen molar-refractivity contribution in [2.45, 2.75) is 13.0 Å². The van der Waals surface area contributed by atoms with Crippen molar-refractivity contribution in [2.75, 3.05) is 39.1 Å². The quantitative estimate of drug-likeness (QED) is 0.810. The summed E-state index contributed by atoms with van der Waals surface area (Å²) in [6, 6.07) is 15.6. The van der Waals surface area contributed by atoms with E-state index in [1.807, 2.05) is 4.90 Å². The Morgan fingerprint density at radius 1 is 1.03 bits per heavy atom. The minimum absolute atomic E-state index is 0.0867. The van der Waals surface area contributed by atoms with E-state index in [-0.39, 0.29) is 12.0 Å². The van der Waals surface area contributed by atoms with Crippen molar-refractivity contribution in [2.24, 2.45) is 11.8 Å².